The van der Waals surface area contributed by atoms with Gasteiger partial charge in [0.1, 0.15) is 22.9 Å². The average Bonchev–Trinajstić information content (AvgIpc) is 3.05. The number of hydrogen-bond acceptors (Lipinski definition) is 6. The minimum atomic E-state index is -3.87. The smallest absolute Gasteiger partial charge is 0.284 e. The summed E-state index contributed by atoms with van der Waals surface area (Å²) in [5.74, 6) is 0.729. The largest absolute Gasteiger partial charge is 0.341 e. The number of sulfonamides is 1. The third-order valence-corrected chi connectivity index (χ3v) is 5.06. The summed E-state index contributed by atoms with van der Waals surface area (Å²) in [6.07, 6.45) is 3.45. The van der Waals surface area contributed by atoms with E-state index in [2.05, 4.69) is 20.1 Å². The lowest BCUT2D eigenvalue weighted by molar-refractivity contribution is 0.333. The van der Waals surface area contributed by atoms with E-state index in [1.54, 1.807) is 4.57 Å². The van der Waals surface area contributed by atoms with Gasteiger partial charge in [0.25, 0.3) is 15.1 Å². The van der Waals surface area contributed by atoms with Gasteiger partial charge in [0.2, 0.25) is 0 Å². The first-order valence-electron chi connectivity index (χ1n) is 6.54. The van der Waals surface area contributed by atoms with Crippen LogP contribution in [-0.2, 0) is 23.1 Å². The summed E-state index contributed by atoms with van der Waals surface area (Å²) in [4.78, 5) is 0. The molecule has 0 bridgehead atoms. The Labute approximate surface area is 126 Å². The number of aryl methyl sites for hydroxylation is 1. The average molecular weight is 332 g/mol. The summed E-state index contributed by atoms with van der Waals surface area (Å²) >= 11 is 6.05. The Hall–Kier alpha value is -1.45. The van der Waals surface area contributed by atoms with Gasteiger partial charge in [-0.2, -0.15) is 0 Å². The van der Waals surface area contributed by atoms with Crippen molar-refractivity contribution in [1.82, 2.24) is 24.6 Å². The number of nitrogens with one attached hydrogen (secondary N) is 1. The van der Waals surface area contributed by atoms with E-state index < -0.39 is 10.0 Å². The highest BCUT2D eigenvalue weighted by molar-refractivity contribution is 7.89. The zero-order chi connectivity index (χ0) is 15.0. The van der Waals surface area contributed by atoms with Crippen LogP contribution in [-0.4, -0.2) is 28.3 Å². The maximum atomic E-state index is 12.2. The van der Waals surface area contributed by atoms with Crippen molar-refractivity contribution in [3.05, 3.63) is 22.9 Å². The Morgan fingerprint density at radius 1 is 1.52 bits per heavy atom. The minimum Gasteiger partial charge on any atom is -0.341 e. The van der Waals surface area contributed by atoms with Crippen LogP contribution in [0.25, 0.3) is 0 Å². The fraction of sp³-hybridized carbons (Fsp3) is 0.545. The standard InChI is InChI=1S/C11H14ClN5O3S/c1-2-17-6-13-15-8(17)5-14-21(18,19)11-9(12)10(16-20-11)7-3-4-7/h6-7,14H,2-5H2,1H3. The van der Waals surface area contributed by atoms with Crippen LogP contribution in [0.2, 0.25) is 5.02 Å². The number of nitrogens with zero attached hydrogens (tertiary/aromatic N) is 4. The first-order valence-corrected chi connectivity index (χ1v) is 8.40. The van der Waals surface area contributed by atoms with Crippen molar-refractivity contribution in [3.63, 3.8) is 0 Å². The number of aromatic nitrogens is 4. The quantitative estimate of drug-likeness (QED) is 0.855. The molecule has 0 saturated heterocycles. The lowest BCUT2D eigenvalue weighted by atomic mass is 10.3. The molecule has 2 aromatic heterocycles. The Kier molecular flexibility index (Phi) is 3.72. The number of rotatable bonds is 6. The van der Waals surface area contributed by atoms with Crippen LogP contribution in [0.4, 0.5) is 0 Å². The zero-order valence-electron chi connectivity index (χ0n) is 11.3. The third kappa shape index (κ3) is 2.81. The second-order valence-electron chi connectivity index (χ2n) is 4.80. The molecule has 1 fully saturated rings. The predicted molar refractivity (Wildman–Crippen MR) is 73.2 cm³/mol. The fourth-order valence-electron chi connectivity index (χ4n) is 1.96. The summed E-state index contributed by atoms with van der Waals surface area (Å²) in [5.41, 5.74) is 0.522. The molecule has 0 amide bonds. The second-order valence-corrected chi connectivity index (χ2v) is 6.85. The number of halogens is 1. The van der Waals surface area contributed by atoms with Crippen LogP contribution in [0.15, 0.2) is 15.9 Å². The van der Waals surface area contributed by atoms with Crippen molar-refractivity contribution >= 4 is 21.6 Å². The molecule has 0 aromatic carbocycles. The van der Waals surface area contributed by atoms with E-state index in [0.29, 0.717) is 18.1 Å². The molecule has 1 aliphatic rings. The summed E-state index contributed by atoms with van der Waals surface area (Å²) in [5, 5.41) is 11.1. The topological polar surface area (TPSA) is 103 Å². The van der Waals surface area contributed by atoms with Crippen LogP contribution in [0.1, 0.15) is 37.2 Å². The predicted octanol–water partition coefficient (Wildman–Crippen LogP) is 1.30. The molecule has 21 heavy (non-hydrogen) atoms. The number of hydrogen-bond donors (Lipinski definition) is 1. The molecule has 3 rings (SSSR count). The van der Waals surface area contributed by atoms with Crippen molar-refractivity contribution in [2.45, 2.75) is 43.9 Å². The van der Waals surface area contributed by atoms with Crippen LogP contribution in [0, 0.1) is 0 Å². The van der Waals surface area contributed by atoms with Gasteiger partial charge in [0.15, 0.2) is 0 Å². The van der Waals surface area contributed by atoms with E-state index in [0.717, 1.165) is 12.8 Å². The summed E-state index contributed by atoms with van der Waals surface area (Å²) in [7, 11) is -3.87. The third-order valence-electron chi connectivity index (χ3n) is 3.30. The first-order chi connectivity index (χ1) is 10.0. The van der Waals surface area contributed by atoms with E-state index in [4.69, 9.17) is 16.1 Å². The van der Waals surface area contributed by atoms with Gasteiger partial charge in [-0.1, -0.05) is 16.8 Å². The van der Waals surface area contributed by atoms with Gasteiger partial charge in [0.05, 0.1) is 6.54 Å². The second kappa shape index (κ2) is 5.39. The van der Waals surface area contributed by atoms with Gasteiger partial charge < -0.3 is 9.09 Å². The van der Waals surface area contributed by atoms with Crippen molar-refractivity contribution < 1.29 is 12.9 Å². The van der Waals surface area contributed by atoms with E-state index in [1.807, 2.05) is 6.92 Å². The van der Waals surface area contributed by atoms with Crippen LogP contribution >= 0.6 is 11.6 Å². The van der Waals surface area contributed by atoms with Gasteiger partial charge >= 0.3 is 0 Å². The molecule has 0 spiro atoms. The van der Waals surface area contributed by atoms with Crippen LogP contribution in [0.5, 0.6) is 0 Å². The van der Waals surface area contributed by atoms with Gasteiger partial charge in [0, 0.05) is 12.5 Å². The molecular formula is C11H14ClN5O3S. The molecule has 1 N–H and O–H groups in total. The molecule has 0 atom stereocenters. The molecule has 10 heteroatoms. The van der Waals surface area contributed by atoms with Crippen molar-refractivity contribution in [3.8, 4) is 0 Å². The van der Waals surface area contributed by atoms with E-state index in [-0.39, 0.29) is 22.6 Å². The molecule has 2 heterocycles. The highest BCUT2D eigenvalue weighted by Gasteiger charge is 2.34. The summed E-state index contributed by atoms with van der Waals surface area (Å²) in [6, 6.07) is 0. The SMILES string of the molecule is CCn1cnnc1CNS(=O)(=O)c1onc(C2CC2)c1Cl. The lowest BCUT2D eigenvalue weighted by Gasteiger charge is -2.05. The van der Waals surface area contributed by atoms with Crippen molar-refractivity contribution in [2.75, 3.05) is 0 Å². The Morgan fingerprint density at radius 3 is 2.95 bits per heavy atom. The molecule has 0 radical (unpaired) electrons. The summed E-state index contributed by atoms with van der Waals surface area (Å²) in [6.45, 7) is 2.57. The zero-order valence-corrected chi connectivity index (χ0v) is 12.9. The van der Waals surface area contributed by atoms with E-state index in [1.165, 1.54) is 6.33 Å². The molecule has 1 aliphatic carbocycles. The van der Waals surface area contributed by atoms with Crippen molar-refractivity contribution in [1.29, 1.82) is 0 Å². The maximum Gasteiger partial charge on any atom is 0.284 e. The van der Waals surface area contributed by atoms with Gasteiger partial charge in [-0.05, 0) is 19.8 Å². The molecular weight excluding hydrogens is 318 g/mol. The lowest BCUT2D eigenvalue weighted by Crippen LogP contribution is -2.25. The highest BCUT2D eigenvalue weighted by Crippen LogP contribution is 2.44. The molecule has 1 saturated carbocycles. The van der Waals surface area contributed by atoms with E-state index >= 15 is 0 Å². The van der Waals surface area contributed by atoms with Gasteiger partial charge in [-0.3, -0.25) is 0 Å². The minimum absolute atomic E-state index is 0.00592. The fourth-order valence-corrected chi connectivity index (χ4v) is 3.41. The van der Waals surface area contributed by atoms with E-state index in [9.17, 15) is 8.42 Å². The Balaban J connectivity index is 1.77. The Bertz CT molecular complexity index is 750. The maximum absolute atomic E-state index is 12.2. The normalized spacial score (nSPS) is 15.5. The molecule has 0 aliphatic heterocycles. The first kappa shape index (κ1) is 14.5. The van der Waals surface area contributed by atoms with Gasteiger partial charge in [-0.15, -0.1) is 10.2 Å². The molecule has 2 aromatic rings. The monoisotopic (exact) mass is 331 g/mol. The molecule has 0 unspecified atom stereocenters. The van der Waals surface area contributed by atoms with Crippen LogP contribution < -0.4 is 4.72 Å². The Morgan fingerprint density at radius 2 is 2.29 bits per heavy atom. The summed E-state index contributed by atoms with van der Waals surface area (Å²) < 4.78 is 33.5. The van der Waals surface area contributed by atoms with Crippen LogP contribution in [0.3, 0.4) is 0 Å². The molecule has 8 nitrogen and oxygen atoms in total. The molecule has 114 valence electrons. The van der Waals surface area contributed by atoms with Crippen molar-refractivity contribution in [2.24, 2.45) is 0 Å². The highest BCUT2D eigenvalue weighted by atomic mass is 35.5. The van der Waals surface area contributed by atoms with Gasteiger partial charge in [-0.25, -0.2) is 13.1 Å².